The molecule has 1 unspecified atom stereocenters. The maximum Gasteiger partial charge on any atom is 0.410 e. The molecule has 0 saturated carbocycles. The maximum absolute atomic E-state index is 14.0. The summed E-state index contributed by atoms with van der Waals surface area (Å²) < 4.78 is 50.5. The van der Waals surface area contributed by atoms with Crippen LogP contribution in [0.2, 0.25) is 0 Å². The normalized spacial score (nSPS) is 22.8. The van der Waals surface area contributed by atoms with E-state index in [0.29, 0.717) is 88.6 Å². The van der Waals surface area contributed by atoms with Gasteiger partial charge in [-0.2, -0.15) is 0 Å². The number of carbonyl (C=O) groups is 8. The molecule has 0 radical (unpaired) electrons. The van der Waals surface area contributed by atoms with Gasteiger partial charge in [-0.15, -0.1) is 0 Å². The van der Waals surface area contributed by atoms with Gasteiger partial charge in [0.25, 0.3) is 0 Å². The van der Waals surface area contributed by atoms with Gasteiger partial charge < -0.3 is 73.0 Å². The summed E-state index contributed by atoms with van der Waals surface area (Å²) in [5, 5.41) is 5.37. The van der Waals surface area contributed by atoms with E-state index >= 15 is 0 Å². The van der Waals surface area contributed by atoms with Crippen molar-refractivity contribution >= 4 is 59.2 Å². The first-order valence-corrected chi connectivity index (χ1v) is 41.1. The lowest BCUT2D eigenvalue weighted by Crippen LogP contribution is -2.56. The maximum atomic E-state index is 14.0. The molecule has 4 fully saturated rings. The molecule has 624 valence electrons. The molecule has 28 nitrogen and oxygen atoms in total. The Morgan fingerprint density at radius 1 is 0.556 bits per heavy atom. The fourth-order valence-corrected chi connectivity index (χ4v) is 18.2. The second-order valence-corrected chi connectivity index (χ2v) is 35.2. The van der Waals surface area contributed by atoms with Crippen molar-refractivity contribution in [1.82, 2.24) is 50.2 Å². The first-order valence-electron chi connectivity index (χ1n) is 41.1. The number of rotatable bonds is 17. The number of amides is 6. The summed E-state index contributed by atoms with van der Waals surface area (Å²) in [7, 11) is 5.89. The van der Waals surface area contributed by atoms with Gasteiger partial charge in [-0.25, -0.2) is 33.9 Å². The Bertz CT molecular complexity index is 4910. The van der Waals surface area contributed by atoms with Gasteiger partial charge in [0.05, 0.1) is 69.3 Å². The number of carbonyl (C=O) groups excluding carboxylic acids is 8. The third-order valence-electron chi connectivity index (χ3n) is 24.0. The minimum absolute atomic E-state index is 0.0396. The number of ketones is 1. The number of aromatic amines is 2. The molecular formula is C89H111N11O17. The zero-order valence-corrected chi connectivity index (χ0v) is 70.0. The average Bonchev–Trinajstić information content (AvgIpc) is 1.70. The number of hydrogen-bond donors (Lipinski definition) is 4. The van der Waals surface area contributed by atoms with Gasteiger partial charge >= 0.3 is 30.3 Å². The van der Waals surface area contributed by atoms with E-state index in [-0.39, 0.29) is 84.4 Å². The fraction of sp³-hybridized carbons (Fsp3) is 0.539. The fourth-order valence-electron chi connectivity index (χ4n) is 18.2. The Kier molecular flexibility index (Phi) is 23.9. The van der Waals surface area contributed by atoms with E-state index in [2.05, 4.69) is 63.9 Å². The molecule has 0 bridgehead atoms. The van der Waals surface area contributed by atoms with Crippen LogP contribution in [-0.2, 0) is 73.6 Å². The van der Waals surface area contributed by atoms with Gasteiger partial charge in [0, 0.05) is 85.7 Å². The lowest BCUT2D eigenvalue weighted by molar-refractivity contribution is -0.158. The van der Waals surface area contributed by atoms with E-state index in [4.69, 9.17) is 57.6 Å². The number of methoxy groups -OCH3 is 4. The van der Waals surface area contributed by atoms with Crippen molar-refractivity contribution in [2.45, 2.75) is 233 Å². The number of aryl methyl sites for hydroxylation is 2. The molecule has 6 amide bonds. The molecule has 4 N–H and O–H groups in total. The van der Waals surface area contributed by atoms with Crippen LogP contribution in [0.5, 0.6) is 11.5 Å². The van der Waals surface area contributed by atoms with Crippen molar-refractivity contribution in [2.24, 2.45) is 28.7 Å². The van der Waals surface area contributed by atoms with Gasteiger partial charge in [0.1, 0.15) is 65.7 Å². The van der Waals surface area contributed by atoms with Gasteiger partial charge in [-0.3, -0.25) is 29.2 Å². The molecule has 9 heterocycles. The number of allylic oxidation sites excluding steroid dienone is 2. The number of esters is 1. The van der Waals surface area contributed by atoms with Gasteiger partial charge in [-0.1, -0.05) is 52.0 Å². The van der Waals surface area contributed by atoms with Crippen LogP contribution in [0, 0.1) is 23.7 Å². The smallest absolute Gasteiger partial charge is 0.410 e. The van der Waals surface area contributed by atoms with Crippen LogP contribution in [0.25, 0.3) is 50.3 Å². The first kappa shape index (κ1) is 82.9. The number of imidazole rings is 2. The number of fused-ring (bicyclic) bond motifs is 9. The Labute approximate surface area is 683 Å². The summed E-state index contributed by atoms with van der Waals surface area (Å²) in [6, 6.07) is 17.5. The molecule has 4 saturated heterocycles. The summed E-state index contributed by atoms with van der Waals surface area (Å²) in [4.78, 5) is 134. The average molecular weight is 1610 g/mol. The predicted molar refractivity (Wildman–Crippen MR) is 436 cm³/mol. The molecule has 2 aliphatic carbocycles. The summed E-state index contributed by atoms with van der Waals surface area (Å²) in [5.41, 5.74) is 15.7. The van der Waals surface area contributed by atoms with E-state index < -0.39 is 59.5 Å². The lowest BCUT2D eigenvalue weighted by Gasteiger charge is -2.34. The van der Waals surface area contributed by atoms with Crippen LogP contribution in [0.1, 0.15) is 203 Å². The highest BCUT2D eigenvalue weighted by atomic mass is 16.6. The number of likely N-dealkylation sites (tertiary alicyclic amines) is 4. The quantitative estimate of drug-likeness (QED) is 0.0487. The minimum atomic E-state index is -1.00. The van der Waals surface area contributed by atoms with Crippen molar-refractivity contribution < 1.29 is 81.0 Å². The molecular weight excluding hydrogens is 1500 g/mol. The Balaban J connectivity index is 0.000000193. The molecule has 117 heavy (non-hydrogen) atoms. The number of hydrogen-bond acceptors (Lipinski definition) is 20. The van der Waals surface area contributed by atoms with E-state index in [1.54, 1.807) is 50.1 Å². The van der Waals surface area contributed by atoms with Crippen LogP contribution in [0.15, 0.2) is 83.7 Å². The molecule has 4 aromatic carbocycles. The zero-order valence-electron chi connectivity index (χ0n) is 70.0. The number of benzene rings is 4. The van der Waals surface area contributed by atoms with Crippen LogP contribution in [-0.4, -0.2) is 201 Å². The molecule has 6 aromatic rings. The Hall–Kier alpha value is -10.6. The van der Waals surface area contributed by atoms with Crippen molar-refractivity contribution in [2.75, 3.05) is 54.7 Å². The number of nitrogens with one attached hydrogen (secondary N) is 4. The molecule has 9 aliphatic rings. The molecule has 28 heteroatoms. The third-order valence-corrected chi connectivity index (χ3v) is 24.0. The molecule has 11 atom stereocenters. The first-order chi connectivity index (χ1) is 55.8. The topological polar surface area (TPSA) is 326 Å². The van der Waals surface area contributed by atoms with Crippen LogP contribution in [0.4, 0.5) is 19.2 Å². The Morgan fingerprint density at radius 3 is 1.54 bits per heavy atom. The summed E-state index contributed by atoms with van der Waals surface area (Å²) in [6.07, 6.45) is 7.89. The second kappa shape index (κ2) is 33.8. The Morgan fingerprint density at radius 2 is 1.04 bits per heavy atom. The third kappa shape index (κ3) is 17.3. The number of H-pyrrole nitrogens is 2. The highest BCUT2D eigenvalue weighted by Gasteiger charge is 2.48. The molecule has 2 aromatic heterocycles. The van der Waals surface area contributed by atoms with Gasteiger partial charge in [0.2, 0.25) is 17.6 Å². The summed E-state index contributed by atoms with van der Waals surface area (Å²) in [5.74, 6) is 1.41. The van der Waals surface area contributed by atoms with Gasteiger partial charge in [-0.05, 0) is 223 Å². The van der Waals surface area contributed by atoms with E-state index in [1.165, 1.54) is 35.8 Å². The van der Waals surface area contributed by atoms with Crippen molar-refractivity contribution in [3.8, 4) is 56.3 Å². The summed E-state index contributed by atoms with van der Waals surface area (Å²) >= 11 is 0. The van der Waals surface area contributed by atoms with Crippen molar-refractivity contribution in [1.29, 1.82) is 0 Å². The van der Waals surface area contributed by atoms with Crippen LogP contribution >= 0.6 is 0 Å². The van der Waals surface area contributed by atoms with Crippen LogP contribution in [0.3, 0.4) is 0 Å². The standard InChI is InChI=1S/C45H56N6O7.C44H55N5O10/c1-24(2)40(49-43(53)56-8)42(52)51-25(3)9-14-37(51)35-18-32-31-19-39-33(17-27(31)11-13-34(32)47-35)30-12-10-28(16-29(30)23-57-39)36-20-46-41(48-36)38-15-26(22-55-7)21-50(38)44(54)58-45(4,5)6;1-23(2)37(47-42(53)56-8)40(51)49-24(3)9-13-33(49)41(52)58-35-14-11-26-17-31-29-12-10-27(16-28(29)22-57-36(31)18-30(26)38(35)50)32-19-45-39(46-32)34-15-25(21-55-7)20-48(34)43(54)59-44(4,5)6/h10,12,16-17,19-20,24-26,37-38,40H,9,11,13-15,18,21-23H2,1-8H3,(H,46,48)(H,49,53);10,12,16-19,23-25,33-35,37H,9,11,13-15,20-22H2,1-8H3,(H,45,46)(H,47,53)/t25-,26-,37-,38-,40-;24-,25-,33-,34-,35?,37-/m00/s1. The highest BCUT2D eigenvalue weighted by molar-refractivity contribution is 6.07. The number of ether oxygens (including phenoxy) is 9. The predicted octanol–water partition coefficient (Wildman–Crippen LogP) is 14.2. The van der Waals surface area contributed by atoms with Crippen LogP contribution < -0.4 is 20.1 Å². The second-order valence-electron chi connectivity index (χ2n) is 35.2. The zero-order chi connectivity index (χ0) is 83.4. The SMILES string of the molecule is COC[C@H]1C[C@@H](c2ncc(-c3ccc4c(c3)COc3cc5c(cc3-4)CCC(OC(=O)[C@@H]3CC[C@H](C)N3C(=O)[C@@H](NC(=O)OC)C(C)C)C5=O)[nH]2)N(C(=O)OC(C)(C)C)C1.COC[C@H]1C[C@@H](c2ncc(-c3ccc4c(c3)COc3cc5c(cc3-4)CCC3=C5CC([C@@H]4CC[C@H](C)N4C(=O)[C@@H](NC(=O)OC)C(C)C)=N3)[nH]2)N(C(=O)OC(C)(C)C)C1. The molecule has 7 aliphatic heterocycles. The number of aromatic nitrogens is 4. The number of nitrogens with zero attached hydrogens (tertiary/aromatic N) is 7. The number of Topliss-reactive ketones (excluding diaryl/α,β-unsaturated/α-hetero) is 1. The molecule has 0 spiro atoms. The minimum Gasteiger partial charge on any atom is -0.488 e. The van der Waals surface area contributed by atoms with Gasteiger partial charge in [0.15, 0.2) is 6.10 Å². The van der Waals surface area contributed by atoms with E-state index in [1.807, 2.05) is 91.6 Å². The molecule has 15 rings (SSSR count). The largest absolute Gasteiger partial charge is 0.488 e. The summed E-state index contributed by atoms with van der Waals surface area (Å²) in [6.45, 7) is 25.5. The number of aliphatic imine (C=N–C) groups is 1. The van der Waals surface area contributed by atoms with E-state index in [9.17, 15) is 38.4 Å². The van der Waals surface area contributed by atoms with Crippen molar-refractivity contribution in [3.63, 3.8) is 0 Å². The highest BCUT2D eigenvalue weighted by Crippen LogP contribution is 2.49. The lowest BCUT2D eigenvalue weighted by atomic mass is 9.83. The van der Waals surface area contributed by atoms with E-state index in [0.717, 1.165) is 117 Å². The number of alkyl carbamates (subject to hydrolysis) is 2. The monoisotopic (exact) mass is 1610 g/mol. The van der Waals surface area contributed by atoms with Crippen molar-refractivity contribution in [3.05, 3.63) is 124 Å².